The number of methoxy groups -OCH3 is 1. The Balaban J connectivity index is 1.39. The fourth-order valence-electron chi connectivity index (χ4n) is 5.60. The van der Waals surface area contributed by atoms with Gasteiger partial charge in [-0.2, -0.15) is 0 Å². The van der Waals surface area contributed by atoms with Crippen LogP contribution in [0.2, 0.25) is 0 Å². The first-order chi connectivity index (χ1) is 17.5. The zero-order valence-electron chi connectivity index (χ0n) is 21.4. The van der Waals surface area contributed by atoms with Gasteiger partial charge in [0.2, 0.25) is 11.8 Å². The lowest BCUT2D eigenvalue weighted by molar-refractivity contribution is -0.141. The minimum atomic E-state index is -0.234. The zero-order valence-corrected chi connectivity index (χ0v) is 21.4. The maximum Gasteiger partial charge on any atom is 0.255 e. The SMILES string of the molecule is COc1ccc2c(c1)OCCNC(=O)CN(C(=O)C1CCCN(C3CCCCC3)C1)CCCNC2=O. The van der Waals surface area contributed by atoms with Crippen LogP contribution >= 0.6 is 0 Å². The number of hydrogen-bond acceptors (Lipinski definition) is 6. The summed E-state index contributed by atoms with van der Waals surface area (Å²) in [6.45, 7) is 3.18. The molecule has 0 radical (unpaired) electrons. The minimum Gasteiger partial charge on any atom is -0.497 e. The molecule has 2 heterocycles. The quantitative estimate of drug-likeness (QED) is 0.660. The number of hydrogen-bond donors (Lipinski definition) is 2. The van der Waals surface area contributed by atoms with E-state index in [2.05, 4.69) is 15.5 Å². The van der Waals surface area contributed by atoms with E-state index in [1.165, 1.54) is 32.1 Å². The predicted molar refractivity (Wildman–Crippen MR) is 136 cm³/mol. The van der Waals surface area contributed by atoms with Gasteiger partial charge in [-0.3, -0.25) is 19.3 Å². The molecule has 2 N–H and O–H groups in total. The van der Waals surface area contributed by atoms with Gasteiger partial charge < -0.3 is 25.0 Å². The Morgan fingerprint density at radius 3 is 2.64 bits per heavy atom. The van der Waals surface area contributed by atoms with Crippen molar-refractivity contribution >= 4 is 17.7 Å². The lowest BCUT2D eigenvalue weighted by Crippen LogP contribution is -2.50. The first kappa shape index (κ1) is 26.3. The second-order valence-electron chi connectivity index (χ2n) is 10.1. The highest BCUT2D eigenvalue weighted by molar-refractivity contribution is 5.97. The van der Waals surface area contributed by atoms with E-state index in [0.29, 0.717) is 42.6 Å². The number of benzene rings is 1. The number of carbonyl (C=O) groups excluding carboxylic acids is 3. The van der Waals surface area contributed by atoms with Crippen molar-refractivity contribution in [3.05, 3.63) is 23.8 Å². The second kappa shape index (κ2) is 12.9. The van der Waals surface area contributed by atoms with E-state index in [9.17, 15) is 14.4 Å². The van der Waals surface area contributed by atoms with Crippen molar-refractivity contribution in [1.29, 1.82) is 0 Å². The average molecular weight is 501 g/mol. The summed E-state index contributed by atoms with van der Waals surface area (Å²) in [5.41, 5.74) is 0.414. The monoisotopic (exact) mass is 500 g/mol. The molecule has 9 heteroatoms. The third-order valence-corrected chi connectivity index (χ3v) is 7.54. The Bertz CT molecular complexity index is 917. The van der Waals surface area contributed by atoms with Crippen molar-refractivity contribution < 1.29 is 23.9 Å². The molecule has 1 atom stereocenters. The largest absolute Gasteiger partial charge is 0.497 e. The molecule has 0 bridgehead atoms. The fourth-order valence-corrected chi connectivity index (χ4v) is 5.60. The van der Waals surface area contributed by atoms with Gasteiger partial charge in [0.1, 0.15) is 18.1 Å². The van der Waals surface area contributed by atoms with Crippen LogP contribution in [0.1, 0.15) is 61.7 Å². The number of ether oxygens (including phenoxy) is 2. The highest BCUT2D eigenvalue weighted by atomic mass is 16.5. The first-order valence-electron chi connectivity index (χ1n) is 13.4. The number of carbonyl (C=O) groups is 3. The second-order valence-corrected chi connectivity index (χ2v) is 10.1. The van der Waals surface area contributed by atoms with E-state index >= 15 is 0 Å². The number of likely N-dealkylation sites (tertiary alicyclic amines) is 1. The van der Waals surface area contributed by atoms with Crippen LogP contribution in [0, 0.1) is 5.92 Å². The summed E-state index contributed by atoms with van der Waals surface area (Å²) in [6, 6.07) is 5.65. The molecule has 2 fully saturated rings. The molecule has 1 aromatic carbocycles. The van der Waals surface area contributed by atoms with Gasteiger partial charge in [-0.25, -0.2) is 0 Å². The zero-order chi connectivity index (χ0) is 25.3. The molecule has 198 valence electrons. The molecular weight excluding hydrogens is 460 g/mol. The fraction of sp³-hybridized carbons (Fsp3) is 0.667. The van der Waals surface area contributed by atoms with Crippen molar-refractivity contribution in [3.8, 4) is 11.5 Å². The molecule has 1 aromatic rings. The minimum absolute atomic E-state index is 0.0249. The van der Waals surface area contributed by atoms with Crippen LogP contribution in [0.4, 0.5) is 0 Å². The number of amides is 3. The van der Waals surface area contributed by atoms with Gasteiger partial charge >= 0.3 is 0 Å². The van der Waals surface area contributed by atoms with Crippen LogP contribution in [0.5, 0.6) is 11.5 Å². The van der Waals surface area contributed by atoms with Crippen LogP contribution in [0.25, 0.3) is 0 Å². The number of fused-ring (bicyclic) bond motifs is 1. The molecule has 36 heavy (non-hydrogen) atoms. The smallest absolute Gasteiger partial charge is 0.255 e. The molecule has 9 nitrogen and oxygen atoms in total. The topological polar surface area (TPSA) is 100 Å². The van der Waals surface area contributed by atoms with Crippen LogP contribution in [0.3, 0.4) is 0 Å². The number of rotatable bonds is 3. The van der Waals surface area contributed by atoms with Gasteiger partial charge in [-0.05, 0) is 50.8 Å². The Morgan fingerprint density at radius 1 is 1.00 bits per heavy atom. The highest BCUT2D eigenvalue weighted by Gasteiger charge is 2.33. The Labute approximate surface area is 213 Å². The van der Waals surface area contributed by atoms with Gasteiger partial charge in [0.25, 0.3) is 5.91 Å². The molecule has 4 rings (SSSR count). The van der Waals surface area contributed by atoms with Crippen LogP contribution in [-0.4, -0.2) is 86.5 Å². The van der Waals surface area contributed by atoms with E-state index in [1.54, 1.807) is 30.2 Å². The Morgan fingerprint density at radius 2 is 1.83 bits per heavy atom. The van der Waals surface area contributed by atoms with Crippen LogP contribution < -0.4 is 20.1 Å². The summed E-state index contributed by atoms with van der Waals surface area (Å²) < 4.78 is 11.0. The molecule has 0 spiro atoms. The lowest BCUT2D eigenvalue weighted by atomic mass is 9.89. The van der Waals surface area contributed by atoms with Crippen molar-refractivity contribution in [2.75, 3.05) is 53.0 Å². The maximum absolute atomic E-state index is 13.6. The van der Waals surface area contributed by atoms with Gasteiger partial charge in [-0.15, -0.1) is 0 Å². The molecule has 0 aromatic heterocycles. The summed E-state index contributed by atoms with van der Waals surface area (Å²) in [5.74, 6) is 0.547. The average Bonchev–Trinajstić information content (AvgIpc) is 2.92. The van der Waals surface area contributed by atoms with Crippen molar-refractivity contribution in [1.82, 2.24) is 20.4 Å². The summed E-state index contributed by atoms with van der Waals surface area (Å²) in [4.78, 5) is 43.2. The van der Waals surface area contributed by atoms with E-state index in [-0.39, 0.29) is 43.3 Å². The third kappa shape index (κ3) is 6.90. The standard InChI is InChI=1S/C27H40N4O5/c1-35-22-10-11-23-24(17-22)36-16-13-28-25(32)19-31(15-6-12-29-26(23)33)27(34)20-7-5-14-30(18-20)21-8-3-2-4-9-21/h10-11,17,20-21H,2-9,12-16,18-19H2,1H3,(H,28,32)(H,29,33). The number of nitrogens with zero attached hydrogens (tertiary/aromatic N) is 2. The lowest BCUT2D eigenvalue weighted by Gasteiger charge is -2.40. The highest BCUT2D eigenvalue weighted by Crippen LogP contribution is 2.28. The van der Waals surface area contributed by atoms with Crippen LogP contribution in [0.15, 0.2) is 18.2 Å². The van der Waals surface area contributed by atoms with Crippen molar-refractivity contribution in [2.45, 2.75) is 57.4 Å². The molecule has 2 aliphatic heterocycles. The molecular formula is C27H40N4O5. The predicted octanol–water partition coefficient (Wildman–Crippen LogP) is 2.20. The Kier molecular flexibility index (Phi) is 9.44. The normalized spacial score (nSPS) is 23.5. The van der Waals surface area contributed by atoms with Crippen molar-refractivity contribution in [2.24, 2.45) is 5.92 Å². The maximum atomic E-state index is 13.6. The number of piperidine rings is 1. The van der Waals surface area contributed by atoms with E-state index in [4.69, 9.17) is 9.47 Å². The molecule has 1 unspecified atom stereocenters. The van der Waals surface area contributed by atoms with Crippen molar-refractivity contribution in [3.63, 3.8) is 0 Å². The van der Waals surface area contributed by atoms with E-state index in [1.807, 2.05) is 0 Å². The molecule has 3 amide bonds. The molecule has 1 saturated heterocycles. The van der Waals surface area contributed by atoms with Gasteiger partial charge in [0.05, 0.1) is 31.7 Å². The molecule has 3 aliphatic rings. The summed E-state index contributed by atoms with van der Waals surface area (Å²) >= 11 is 0. The Hall–Kier alpha value is -2.81. The van der Waals surface area contributed by atoms with Gasteiger partial charge in [0, 0.05) is 31.7 Å². The van der Waals surface area contributed by atoms with E-state index in [0.717, 1.165) is 25.9 Å². The first-order valence-corrected chi connectivity index (χ1v) is 13.4. The van der Waals surface area contributed by atoms with Gasteiger partial charge in [-0.1, -0.05) is 19.3 Å². The molecule has 1 saturated carbocycles. The van der Waals surface area contributed by atoms with E-state index < -0.39 is 0 Å². The molecule has 1 aliphatic carbocycles. The van der Waals surface area contributed by atoms with Gasteiger partial charge in [0.15, 0.2) is 0 Å². The third-order valence-electron chi connectivity index (χ3n) is 7.54. The van der Waals surface area contributed by atoms with Crippen LogP contribution in [-0.2, 0) is 9.59 Å². The summed E-state index contributed by atoms with van der Waals surface area (Å²) in [7, 11) is 1.55. The summed E-state index contributed by atoms with van der Waals surface area (Å²) in [5, 5.41) is 5.78. The number of nitrogens with one attached hydrogen (secondary N) is 2. The summed E-state index contributed by atoms with van der Waals surface area (Å²) in [6.07, 6.45) is 8.77.